The van der Waals surface area contributed by atoms with Crippen LogP contribution in [0.4, 0.5) is 0 Å². The molecule has 0 aliphatic carbocycles. The summed E-state index contributed by atoms with van der Waals surface area (Å²) in [6, 6.07) is 23.4. The fourth-order valence-corrected chi connectivity index (χ4v) is 2.43. The number of hydrogen-bond acceptors (Lipinski definition) is 4. The smallest absolute Gasteiger partial charge is 0.400 e. The molecular weight excluding hydrogens is 300 g/mol. The number of hydrogen-bond donors (Lipinski definition) is 0. The summed E-state index contributed by atoms with van der Waals surface area (Å²) in [4.78, 5) is 8.57. The van der Waals surface area contributed by atoms with Gasteiger partial charge in [0.25, 0.3) is 0 Å². The largest absolute Gasteiger partial charge is 0.409 e. The second-order valence-electron chi connectivity index (χ2n) is 5.18. The Bertz CT molecular complexity index is 863. The van der Waals surface area contributed by atoms with Crippen molar-refractivity contribution in [3.05, 3.63) is 85.2 Å². The van der Waals surface area contributed by atoms with Crippen LogP contribution >= 0.6 is 0 Å². The molecule has 2 aromatic heterocycles. The molecule has 0 spiro atoms. The highest BCUT2D eigenvalue weighted by atomic mass is 16.6. The van der Waals surface area contributed by atoms with Crippen molar-refractivity contribution in [1.82, 2.24) is 9.97 Å². The Labute approximate surface area is 139 Å². The molecule has 116 valence electrons. The van der Waals surface area contributed by atoms with E-state index in [1.807, 2.05) is 66.7 Å². The summed E-state index contributed by atoms with van der Waals surface area (Å²) in [6.45, 7) is 0. The molecule has 0 unspecified atom stereocenters. The molecule has 0 N–H and O–H groups in total. The van der Waals surface area contributed by atoms with E-state index in [1.165, 1.54) is 0 Å². The lowest BCUT2D eigenvalue weighted by atomic mass is 10.1. The molecule has 0 aliphatic rings. The predicted octanol–water partition coefficient (Wildman–Crippen LogP) is 5.20. The van der Waals surface area contributed by atoms with Crippen LogP contribution in [0.2, 0.25) is 0 Å². The van der Waals surface area contributed by atoms with E-state index in [-0.39, 0.29) is 6.08 Å². The first-order chi connectivity index (χ1) is 11.9. The summed E-state index contributed by atoms with van der Waals surface area (Å²) in [6.07, 6.45) is 3.50. The van der Waals surface area contributed by atoms with Crippen LogP contribution in [-0.4, -0.2) is 9.97 Å². The molecule has 0 amide bonds. The van der Waals surface area contributed by atoms with E-state index in [2.05, 4.69) is 9.97 Å². The number of rotatable bonds is 4. The minimum absolute atomic E-state index is 0.195. The second-order valence-corrected chi connectivity index (χ2v) is 5.18. The molecule has 4 rings (SSSR count). The summed E-state index contributed by atoms with van der Waals surface area (Å²) in [5.41, 5.74) is 2.67. The average Bonchev–Trinajstić information content (AvgIpc) is 3.08. The van der Waals surface area contributed by atoms with Crippen molar-refractivity contribution in [3.63, 3.8) is 0 Å². The van der Waals surface area contributed by atoms with Gasteiger partial charge < -0.3 is 9.15 Å². The first-order valence-corrected chi connectivity index (χ1v) is 7.60. The number of nitrogens with zero attached hydrogens (tertiary/aromatic N) is 2. The standard InChI is InChI=1S/C20H14N2O2/c1-3-8-15(9-4-1)18-19(16-10-5-2-6-11-16)24-20(22-18)23-17-12-7-13-21-14-17/h1-14H. The van der Waals surface area contributed by atoms with Crippen molar-refractivity contribution in [2.24, 2.45) is 0 Å². The van der Waals surface area contributed by atoms with Gasteiger partial charge in [-0.3, -0.25) is 4.98 Å². The van der Waals surface area contributed by atoms with Crippen LogP contribution in [0.1, 0.15) is 0 Å². The third-order valence-corrected chi connectivity index (χ3v) is 3.53. The van der Waals surface area contributed by atoms with Crippen molar-refractivity contribution in [2.45, 2.75) is 0 Å². The van der Waals surface area contributed by atoms with E-state index in [4.69, 9.17) is 9.15 Å². The van der Waals surface area contributed by atoms with Gasteiger partial charge in [-0.25, -0.2) is 0 Å². The van der Waals surface area contributed by atoms with Crippen molar-refractivity contribution >= 4 is 0 Å². The summed E-state index contributed by atoms with van der Waals surface area (Å²) in [5, 5.41) is 0. The number of aromatic nitrogens is 2. The summed E-state index contributed by atoms with van der Waals surface area (Å²) in [7, 11) is 0. The Morgan fingerprint density at radius 3 is 2.12 bits per heavy atom. The predicted molar refractivity (Wildman–Crippen MR) is 91.7 cm³/mol. The van der Waals surface area contributed by atoms with Crippen molar-refractivity contribution < 1.29 is 9.15 Å². The maximum atomic E-state index is 5.90. The van der Waals surface area contributed by atoms with Gasteiger partial charge in [0.05, 0.1) is 6.20 Å². The van der Waals surface area contributed by atoms with E-state index in [1.54, 1.807) is 18.5 Å². The minimum Gasteiger partial charge on any atom is -0.409 e. The monoisotopic (exact) mass is 314 g/mol. The highest BCUT2D eigenvalue weighted by Gasteiger charge is 2.18. The van der Waals surface area contributed by atoms with Gasteiger partial charge in [0, 0.05) is 17.3 Å². The van der Waals surface area contributed by atoms with E-state index in [0.29, 0.717) is 11.5 Å². The van der Waals surface area contributed by atoms with E-state index in [9.17, 15) is 0 Å². The van der Waals surface area contributed by atoms with Gasteiger partial charge in [-0.05, 0) is 12.1 Å². The van der Waals surface area contributed by atoms with E-state index >= 15 is 0 Å². The number of ether oxygens (including phenoxy) is 1. The number of oxazole rings is 1. The van der Waals surface area contributed by atoms with Crippen LogP contribution in [0.3, 0.4) is 0 Å². The van der Waals surface area contributed by atoms with Gasteiger partial charge in [-0.15, -0.1) is 0 Å². The van der Waals surface area contributed by atoms with Gasteiger partial charge in [0.1, 0.15) is 5.69 Å². The maximum Gasteiger partial charge on any atom is 0.400 e. The first-order valence-electron chi connectivity index (χ1n) is 7.60. The fourth-order valence-electron chi connectivity index (χ4n) is 2.43. The first kappa shape index (κ1) is 14.2. The molecule has 0 saturated carbocycles. The Kier molecular flexibility index (Phi) is 3.78. The van der Waals surface area contributed by atoms with Crippen molar-refractivity contribution in [2.75, 3.05) is 0 Å². The molecule has 4 heteroatoms. The zero-order valence-electron chi connectivity index (χ0n) is 12.8. The third kappa shape index (κ3) is 2.90. The SMILES string of the molecule is c1ccc(-c2nc(Oc3cccnc3)oc2-c2ccccc2)cc1. The molecule has 0 atom stereocenters. The lowest BCUT2D eigenvalue weighted by molar-refractivity contribution is 0.334. The molecule has 24 heavy (non-hydrogen) atoms. The van der Waals surface area contributed by atoms with Gasteiger partial charge in [-0.1, -0.05) is 60.7 Å². The van der Waals surface area contributed by atoms with Crippen LogP contribution in [-0.2, 0) is 0 Å². The maximum absolute atomic E-state index is 5.90. The van der Waals surface area contributed by atoms with E-state index < -0.39 is 0 Å². The van der Waals surface area contributed by atoms with Gasteiger partial charge in [0.2, 0.25) is 0 Å². The normalized spacial score (nSPS) is 10.5. The van der Waals surface area contributed by atoms with Crippen LogP contribution in [0.15, 0.2) is 89.6 Å². The third-order valence-electron chi connectivity index (χ3n) is 3.53. The zero-order chi connectivity index (χ0) is 16.2. The van der Waals surface area contributed by atoms with Gasteiger partial charge >= 0.3 is 6.08 Å². The average molecular weight is 314 g/mol. The lowest BCUT2D eigenvalue weighted by Gasteiger charge is -2.00. The zero-order valence-corrected chi connectivity index (χ0v) is 12.8. The minimum atomic E-state index is 0.195. The molecule has 0 radical (unpaired) electrons. The molecule has 0 aliphatic heterocycles. The Balaban J connectivity index is 1.79. The second kappa shape index (κ2) is 6.38. The van der Waals surface area contributed by atoms with Crippen LogP contribution in [0.25, 0.3) is 22.6 Å². The van der Waals surface area contributed by atoms with Gasteiger partial charge in [0.15, 0.2) is 11.5 Å². The summed E-state index contributed by atoms with van der Waals surface area (Å²) in [5.74, 6) is 1.26. The molecule has 0 fully saturated rings. The number of benzene rings is 2. The Hall–Kier alpha value is -3.40. The van der Waals surface area contributed by atoms with Crippen molar-refractivity contribution in [1.29, 1.82) is 0 Å². The summed E-state index contributed by atoms with van der Waals surface area (Å²) < 4.78 is 11.6. The number of pyridine rings is 1. The topological polar surface area (TPSA) is 48.2 Å². The highest BCUT2D eigenvalue weighted by Crippen LogP contribution is 2.36. The van der Waals surface area contributed by atoms with Crippen LogP contribution in [0, 0.1) is 0 Å². The lowest BCUT2D eigenvalue weighted by Crippen LogP contribution is -1.85. The summed E-state index contributed by atoms with van der Waals surface area (Å²) >= 11 is 0. The molecule has 0 saturated heterocycles. The molecule has 4 aromatic rings. The Morgan fingerprint density at radius 1 is 0.750 bits per heavy atom. The van der Waals surface area contributed by atoms with Gasteiger partial charge in [-0.2, -0.15) is 4.98 Å². The molecular formula is C20H14N2O2. The van der Waals surface area contributed by atoms with Crippen LogP contribution < -0.4 is 4.74 Å². The van der Waals surface area contributed by atoms with E-state index in [0.717, 1.165) is 16.8 Å². The molecule has 4 nitrogen and oxygen atoms in total. The molecule has 2 aromatic carbocycles. The van der Waals surface area contributed by atoms with Crippen LogP contribution in [0.5, 0.6) is 11.8 Å². The quantitative estimate of drug-likeness (QED) is 0.519. The Morgan fingerprint density at radius 2 is 1.46 bits per heavy atom. The highest BCUT2D eigenvalue weighted by molar-refractivity contribution is 5.77. The molecule has 0 bridgehead atoms. The van der Waals surface area contributed by atoms with Crippen molar-refractivity contribution in [3.8, 4) is 34.4 Å². The fraction of sp³-hybridized carbons (Fsp3) is 0. The molecule has 2 heterocycles.